The van der Waals surface area contributed by atoms with Gasteiger partial charge < -0.3 is 10.0 Å². The van der Waals surface area contributed by atoms with Gasteiger partial charge in [-0.2, -0.15) is 4.31 Å². The fraction of sp³-hybridized carbons (Fsp3) is 0.750. The average molecular weight is 359 g/mol. The number of sulfonamides is 1. The molecule has 0 radical (unpaired) electrons. The molecule has 0 spiro atoms. The molecule has 23 heavy (non-hydrogen) atoms. The molecule has 0 amide bonds. The number of hydrogen-bond donors (Lipinski definition) is 1. The Morgan fingerprint density at radius 1 is 1.35 bits per heavy atom. The molecule has 2 aliphatic heterocycles. The van der Waals surface area contributed by atoms with Gasteiger partial charge in [-0.05, 0) is 51.4 Å². The number of aliphatic hydroxyl groups is 1. The number of likely N-dealkylation sites (N-methyl/N-ethyl adjacent to an activating group) is 1. The molecule has 3 heterocycles. The van der Waals surface area contributed by atoms with Crippen LogP contribution in [-0.2, 0) is 16.4 Å². The number of rotatable bonds is 4. The normalized spacial score (nSPS) is 30.3. The van der Waals surface area contributed by atoms with E-state index in [-0.39, 0.29) is 18.1 Å². The number of aryl methyl sites for hydroxylation is 1. The van der Waals surface area contributed by atoms with E-state index in [1.807, 2.05) is 20.0 Å². The third-order valence-corrected chi connectivity index (χ3v) is 9.12. The van der Waals surface area contributed by atoms with Crippen molar-refractivity contribution in [1.82, 2.24) is 9.21 Å². The molecule has 2 fully saturated rings. The van der Waals surface area contributed by atoms with Gasteiger partial charge in [0.05, 0.1) is 6.61 Å². The van der Waals surface area contributed by atoms with Crippen molar-refractivity contribution in [3.8, 4) is 0 Å². The molecule has 2 atom stereocenters. The summed E-state index contributed by atoms with van der Waals surface area (Å²) in [5.74, 6) is 0. The molecule has 1 aromatic heterocycles. The minimum atomic E-state index is -3.42. The summed E-state index contributed by atoms with van der Waals surface area (Å²) in [6.45, 7) is 4.15. The molecule has 1 aromatic rings. The highest BCUT2D eigenvalue weighted by Gasteiger charge is 2.48. The van der Waals surface area contributed by atoms with Crippen molar-refractivity contribution in [1.29, 1.82) is 0 Å². The number of nitrogens with zero attached hydrogens (tertiary/aromatic N) is 2. The second-order valence-corrected chi connectivity index (χ2v) is 10.1. The lowest BCUT2D eigenvalue weighted by Crippen LogP contribution is -2.62. The fourth-order valence-electron chi connectivity index (χ4n) is 4.02. The Hall–Kier alpha value is -0.470. The minimum Gasteiger partial charge on any atom is -0.396 e. The highest BCUT2D eigenvalue weighted by atomic mass is 32.2. The van der Waals surface area contributed by atoms with Crippen molar-refractivity contribution in [2.75, 3.05) is 33.3 Å². The van der Waals surface area contributed by atoms with Crippen LogP contribution in [0.2, 0.25) is 0 Å². The minimum absolute atomic E-state index is 0.107. The van der Waals surface area contributed by atoms with Gasteiger partial charge in [0, 0.05) is 29.4 Å². The first-order chi connectivity index (χ1) is 10.9. The lowest BCUT2D eigenvalue weighted by atomic mass is 9.69. The Morgan fingerprint density at radius 3 is 2.78 bits per heavy atom. The first-order valence-electron chi connectivity index (χ1n) is 8.33. The van der Waals surface area contributed by atoms with Crippen molar-refractivity contribution in [3.05, 3.63) is 17.0 Å². The number of likely N-dealkylation sites (tertiary alicyclic amines) is 1. The maximum absolute atomic E-state index is 12.9. The van der Waals surface area contributed by atoms with Crippen LogP contribution >= 0.6 is 11.3 Å². The molecule has 0 aliphatic carbocycles. The molecule has 2 aliphatic rings. The monoisotopic (exact) mass is 358 g/mol. The van der Waals surface area contributed by atoms with Gasteiger partial charge >= 0.3 is 0 Å². The van der Waals surface area contributed by atoms with Gasteiger partial charge in [0.2, 0.25) is 0 Å². The smallest absolute Gasteiger partial charge is 0.252 e. The van der Waals surface area contributed by atoms with Crippen LogP contribution in [0.25, 0.3) is 0 Å². The van der Waals surface area contributed by atoms with E-state index < -0.39 is 10.0 Å². The van der Waals surface area contributed by atoms with Gasteiger partial charge in [0.15, 0.2) is 0 Å². The molecule has 2 saturated heterocycles. The summed E-state index contributed by atoms with van der Waals surface area (Å²) in [6.07, 6.45) is 3.67. The number of aliphatic hydroxyl groups excluding tert-OH is 1. The summed E-state index contributed by atoms with van der Waals surface area (Å²) in [5, 5.41) is 9.94. The summed E-state index contributed by atoms with van der Waals surface area (Å²) in [6, 6.07) is 3.75. The SMILES string of the molecule is CCc1ccc(S(=O)(=O)N2CC[C@@]3(CO)CCCN(C)[C@@H]3C2)s1. The maximum atomic E-state index is 12.9. The van der Waals surface area contributed by atoms with Crippen molar-refractivity contribution < 1.29 is 13.5 Å². The Kier molecular flexibility index (Phi) is 4.86. The van der Waals surface area contributed by atoms with Crippen LogP contribution < -0.4 is 0 Å². The number of fused-ring (bicyclic) bond motifs is 1. The Bertz CT molecular complexity index is 658. The summed E-state index contributed by atoms with van der Waals surface area (Å²) in [5.41, 5.74) is -0.136. The molecule has 3 rings (SSSR count). The largest absolute Gasteiger partial charge is 0.396 e. The zero-order chi connectivity index (χ0) is 16.7. The van der Waals surface area contributed by atoms with E-state index in [9.17, 15) is 13.5 Å². The lowest BCUT2D eigenvalue weighted by molar-refractivity contribution is -0.0508. The van der Waals surface area contributed by atoms with Crippen LogP contribution in [0.1, 0.15) is 31.1 Å². The topological polar surface area (TPSA) is 60.9 Å². The fourth-order valence-corrected chi connectivity index (χ4v) is 6.92. The first kappa shape index (κ1) is 17.4. The van der Waals surface area contributed by atoms with Crippen molar-refractivity contribution in [2.24, 2.45) is 5.41 Å². The molecule has 0 unspecified atom stereocenters. The lowest BCUT2D eigenvalue weighted by Gasteiger charge is -2.53. The van der Waals surface area contributed by atoms with Crippen molar-refractivity contribution >= 4 is 21.4 Å². The van der Waals surface area contributed by atoms with E-state index in [1.54, 1.807) is 10.4 Å². The summed E-state index contributed by atoms with van der Waals surface area (Å²) in [4.78, 5) is 3.33. The molecule has 0 bridgehead atoms. The van der Waals surface area contributed by atoms with Crippen LogP contribution in [0.5, 0.6) is 0 Å². The van der Waals surface area contributed by atoms with Crippen LogP contribution in [0.3, 0.4) is 0 Å². The third-order valence-electron chi connectivity index (χ3n) is 5.55. The molecule has 1 N–H and O–H groups in total. The van der Waals surface area contributed by atoms with E-state index in [0.717, 1.165) is 37.1 Å². The van der Waals surface area contributed by atoms with Crippen LogP contribution in [-0.4, -0.2) is 62.1 Å². The van der Waals surface area contributed by atoms with E-state index in [2.05, 4.69) is 4.90 Å². The van der Waals surface area contributed by atoms with Gasteiger partial charge in [0.1, 0.15) is 4.21 Å². The quantitative estimate of drug-likeness (QED) is 0.891. The van der Waals surface area contributed by atoms with Crippen molar-refractivity contribution in [3.63, 3.8) is 0 Å². The van der Waals surface area contributed by atoms with E-state index in [1.165, 1.54) is 11.3 Å². The summed E-state index contributed by atoms with van der Waals surface area (Å²) in [7, 11) is -1.37. The van der Waals surface area contributed by atoms with Crippen molar-refractivity contribution in [2.45, 2.75) is 42.9 Å². The number of thiophene rings is 1. The van der Waals surface area contributed by atoms with Gasteiger partial charge in [-0.25, -0.2) is 8.42 Å². The molecule has 5 nitrogen and oxygen atoms in total. The second-order valence-electron chi connectivity index (χ2n) is 6.81. The van der Waals surface area contributed by atoms with Gasteiger partial charge in [-0.3, -0.25) is 0 Å². The Morgan fingerprint density at radius 2 is 2.13 bits per heavy atom. The molecular formula is C16H26N2O3S2. The highest BCUT2D eigenvalue weighted by Crippen LogP contribution is 2.42. The molecule has 130 valence electrons. The van der Waals surface area contributed by atoms with E-state index in [0.29, 0.717) is 17.3 Å². The average Bonchev–Trinajstić information content (AvgIpc) is 3.04. The predicted octanol–water partition coefficient (Wildman–Crippen LogP) is 1.78. The van der Waals surface area contributed by atoms with Gasteiger partial charge in [0.25, 0.3) is 10.0 Å². The standard InChI is InChI=1S/C16H26N2O3S2/c1-3-13-5-6-15(22-13)23(20,21)18-10-8-16(12-19)7-4-9-17(2)14(16)11-18/h5-6,14,19H,3-4,7-12H2,1-2H3/t14-,16-/m1/s1. The van der Waals surface area contributed by atoms with E-state index in [4.69, 9.17) is 0 Å². The number of piperidine rings is 2. The predicted molar refractivity (Wildman–Crippen MR) is 92.2 cm³/mol. The Balaban J connectivity index is 1.85. The summed E-state index contributed by atoms with van der Waals surface area (Å²) < 4.78 is 28.0. The first-order valence-corrected chi connectivity index (χ1v) is 10.6. The van der Waals surface area contributed by atoms with Gasteiger partial charge in [-0.15, -0.1) is 11.3 Å². The zero-order valence-corrected chi connectivity index (χ0v) is 15.5. The van der Waals surface area contributed by atoms with Crippen LogP contribution in [0, 0.1) is 5.41 Å². The van der Waals surface area contributed by atoms with Crippen LogP contribution in [0.4, 0.5) is 0 Å². The molecule has 0 saturated carbocycles. The Labute approximate surface area is 143 Å². The van der Waals surface area contributed by atoms with Crippen LogP contribution in [0.15, 0.2) is 16.3 Å². The summed E-state index contributed by atoms with van der Waals surface area (Å²) >= 11 is 1.38. The molecular weight excluding hydrogens is 332 g/mol. The third kappa shape index (κ3) is 2.98. The molecule has 0 aromatic carbocycles. The number of hydrogen-bond acceptors (Lipinski definition) is 5. The zero-order valence-electron chi connectivity index (χ0n) is 13.9. The highest BCUT2D eigenvalue weighted by molar-refractivity contribution is 7.91. The van der Waals surface area contributed by atoms with E-state index >= 15 is 0 Å². The second kappa shape index (κ2) is 6.44. The van der Waals surface area contributed by atoms with Gasteiger partial charge in [-0.1, -0.05) is 6.92 Å². The maximum Gasteiger partial charge on any atom is 0.252 e. The molecule has 7 heteroatoms.